The van der Waals surface area contributed by atoms with Crippen molar-refractivity contribution in [3.8, 4) is 0 Å². The molecule has 5 rings (SSSR count). The number of rotatable bonds is 10. The second-order valence-electron chi connectivity index (χ2n) is 11.3. The molecule has 0 amide bonds. The Balaban J connectivity index is 1.62. The predicted octanol–water partition coefficient (Wildman–Crippen LogP) is 2.39. The van der Waals surface area contributed by atoms with Crippen LogP contribution in [-0.4, -0.2) is 67.6 Å². The van der Waals surface area contributed by atoms with Crippen molar-refractivity contribution < 1.29 is 46.5 Å². The quantitative estimate of drug-likeness (QED) is 0.276. The molecule has 3 aliphatic rings. The monoisotopic (exact) mass is 646 g/mol. The number of benzene rings is 1. The molecule has 13 nitrogen and oxygen atoms in total. The fourth-order valence-corrected chi connectivity index (χ4v) is 7.89. The first-order chi connectivity index (χ1) is 21.4. The van der Waals surface area contributed by atoms with E-state index in [0.717, 1.165) is 9.87 Å². The lowest BCUT2D eigenvalue weighted by Gasteiger charge is -2.35. The molecule has 1 spiro atoms. The number of ether oxygens (including phenoxy) is 5. The van der Waals surface area contributed by atoms with E-state index in [9.17, 15) is 27.6 Å². The summed E-state index contributed by atoms with van der Waals surface area (Å²) < 4.78 is 58.4. The maximum absolute atomic E-state index is 14.0. The van der Waals surface area contributed by atoms with Crippen LogP contribution in [0.4, 0.5) is 0 Å². The van der Waals surface area contributed by atoms with Crippen molar-refractivity contribution in [1.82, 2.24) is 8.87 Å². The molecule has 3 aliphatic heterocycles. The zero-order valence-corrected chi connectivity index (χ0v) is 26.6. The van der Waals surface area contributed by atoms with Gasteiger partial charge in [-0.05, 0) is 51.3 Å². The molecular weight excluding hydrogens is 608 g/mol. The standard InChI is InChI=1S/C31H38N2O11S/c1-5-30(29(37)40-6-2,44-28(36)25-8-7-14-33(25)45(38,39)22-11-9-20(3)10-12-22)24-18-26-31(42-16-17-43-31)13-15-32(26)27(35)23(24)19-41-21(4)34/h9-12,18,25H,5-8,13-17,19H2,1-4H3/t25-,30+/m0/s1. The molecule has 4 heterocycles. The number of carbonyl (C=O) groups excluding carboxylic acids is 3. The van der Waals surface area contributed by atoms with Gasteiger partial charge in [0.2, 0.25) is 21.4 Å². The van der Waals surface area contributed by atoms with Gasteiger partial charge in [0, 0.05) is 32.0 Å². The van der Waals surface area contributed by atoms with E-state index in [4.69, 9.17) is 23.7 Å². The molecule has 244 valence electrons. The first kappa shape index (κ1) is 32.8. The Morgan fingerprint density at radius 2 is 1.76 bits per heavy atom. The lowest BCUT2D eigenvalue weighted by Crippen LogP contribution is -2.49. The van der Waals surface area contributed by atoms with Crippen LogP contribution in [0.25, 0.3) is 0 Å². The van der Waals surface area contributed by atoms with Crippen LogP contribution >= 0.6 is 0 Å². The fourth-order valence-electron chi connectivity index (χ4n) is 6.24. The minimum Gasteiger partial charge on any atom is -0.463 e. The third-order valence-electron chi connectivity index (χ3n) is 8.54. The van der Waals surface area contributed by atoms with E-state index in [1.54, 1.807) is 26.0 Å². The molecule has 0 radical (unpaired) electrons. The number of fused-ring (bicyclic) bond motifs is 2. The summed E-state index contributed by atoms with van der Waals surface area (Å²) in [6, 6.07) is 6.56. The highest BCUT2D eigenvalue weighted by Crippen LogP contribution is 2.43. The molecule has 0 aliphatic carbocycles. The molecular formula is C31H38N2O11S. The number of nitrogens with zero attached hydrogens (tertiary/aromatic N) is 2. The van der Waals surface area contributed by atoms with Crippen LogP contribution in [0.5, 0.6) is 0 Å². The third kappa shape index (κ3) is 5.80. The van der Waals surface area contributed by atoms with Crippen molar-refractivity contribution in [3.63, 3.8) is 0 Å². The summed E-state index contributed by atoms with van der Waals surface area (Å²) in [5.41, 5.74) is -1.68. The van der Waals surface area contributed by atoms with Crippen molar-refractivity contribution in [3.05, 3.63) is 63.1 Å². The van der Waals surface area contributed by atoms with Crippen LogP contribution in [0.1, 0.15) is 68.8 Å². The highest BCUT2D eigenvalue weighted by Gasteiger charge is 2.53. The van der Waals surface area contributed by atoms with Gasteiger partial charge in [0.1, 0.15) is 12.6 Å². The van der Waals surface area contributed by atoms with Crippen molar-refractivity contribution in [1.29, 1.82) is 0 Å². The number of aromatic nitrogens is 1. The van der Waals surface area contributed by atoms with Gasteiger partial charge in [0.05, 0.1) is 36.0 Å². The number of sulfonamides is 1. The summed E-state index contributed by atoms with van der Waals surface area (Å²) in [6.45, 7) is 6.49. The number of aryl methyl sites for hydroxylation is 1. The number of carbonyl (C=O) groups is 3. The SMILES string of the molecule is CCOC(=O)[C@](CC)(OC(=O)[C@@H]1CCCN1S(=O)(=O)c1ccc(C)cc1)c1cc2n(c(=O)c1COC(C)=O)CCC21OCCO1. The molecule has 45 heavy (non-hydrogen) atoms. The van der Waals surface area contributed by atoms with E-state index in [1.165, 1.54) is 29.7 Å². The van der Waals surface area contributed by atoms with Gasteiger partial charge < -0.3 is 28.3 Å². The molecule has 0 N–H and O–H groups in total. The molecule has 0 bridgehead atoms. The largest absolute Gasteiger partial charge is 0.463 e. The molecule has 2 aromatic rings. The van der Waals surface area contributed by atoms with Crippen LogP contribution in [0.3, 0.4) is 0 Å². The second-order valence-corrected chi connectivity index (χ2v) is 13.2. The normalized spacial score (nSPS) is 20.5. The van der Waals surface area contributed by atoms with Gasteiger partial charge in [0.25, 0.3) is 5.56 Å². The van der Waals surface area contributed by atoms with Crippen LogP contribution in [0, 0.1) is 6.92 Å². The number of esters is 3. The lowest BCUT2D eigenvalue weighted by molar-refractivity contribution is -0.187. The smallest absolute Gasteiger partial charge is 0.355 e. The maximum atomic E-state index is 14.0. The van der Waals surface area contributed by atoms with E-state index < -0.39 is 57.5 Å². The van der Waals surface area contributed by atoms with E-state index in [1.807, 2.05) is 6.92 Å². The summed E-state index contributed by atoms with van der Waals surface area (Å²) >= 11 is 0. The molecule has 1 aromatic heterocycles. The average molecular weight is 647 g/mol. The number of pyridine rings is 1. The van der Waals surface area contributed by atoms with E-state index in [-0.39, 0.29) is 61.8 Å². The molecule has 0 unspecified atom stereocenters. The molecule has 1 aromatic carbocycles. The van der Waals surface area contributed by atoms with Gasteiger partial charge in [0.15, 0.2) is 0 Å². The average Bonchev–Trinajstić information content (AvgIpc) is 3.77. The first-order valence-electron chi connectivity index (χ1n) is 15.1. The summed E-state index contributed by atoms with van der Waals surface area (Å²) in [5, 5.41) is 0. The van der Waals surface area contributed by atoms with Gasteiger partial charge in [-0.25, -0.2) is 13.2 Å². The highest BCUT2D eigenvalue weighted by atomic mass is 32.2. The number of hydrogen-bond acceptors (Lipinski definition) is 11. The van der Waals surface area contributed by atoms with Crippen LogP contribution in [0.2, 0.25) is 0 Å². The summed E-state index contributed by atoms with van der Waals surface area (Å²) in [5.74, 6) is -3.83. The molecule has 2 saturated heterocycles. The van der Waals surface area contributed by atoms with Gasteiger partial charge in [-0.3, -0.25) is 14.4 Å². The molecule has 0 saturated carbocycles. The Morgan fingerprint density at radius 1 is 1.07 bits per heavy atom. The topological polar surface area (TPSA) is 157 Å². The van der Waals surface area contributed by atoms with Gasteiger partial charge >= 0.3 is 17.9 Å². The minimum absolute atomic E-state index is 0.0251. The van der Waals surface area contributed by atoms with E-state index in [0.29, 0.717) is 18.5 Å². The Labute approximate surface area is 261 Å². The third-order valence-corrected chi connectivity index (χ3v) is 10.5. The van der Waals surface area contributed by atoms with Gasteiger partial charge in [-0.15, -0.1) is 0 Å². The maximum Gasteiger partial charge on any atom is 0.355 e. The minimum atomic E-state index is -4.09. The highest BCUT2D eigenvalue weighted by molar-refractivity contribution is 7.89. The van der Waals surface area contributed by atoms with E-state index in [2.05, 4.69) is 0 Å². The molecule has 2 atom stereocenters. The summed E-state index contributed by atoms with van der Waals surface area (Å²) in [4.78, 5) is 53.7. The Kier molecular flexibility index (Phi) is 9.23. The van der Waals surface area contributed by atoms with Gasteiger partial charge in [-0.2, -0.15) is 4.31 Å². The Hall–Kier alpha value is -3.59. The lowest BCUT2D eigenvalue weighted by atomic mass is 9.86. The second kappa shape index (κ2) is 12.7. The molecule has 2 fully saturated rings. The Morgan fingerprint density at radius 3 is 2.38 bits per heavy atom. The van der Waals surface area contributed by atoms with Crippen molar-refractivity contribution >= 4 is 27.9 Å². The van der Waals surface area contributed by atoms with Crippen molar-refractivity contribution in [2.45, 2.75) is 88.9 Å². The van der Waals surface area contributed by atoms with E-state index >= 15 is 0 Å². The zero-order valence-electron chi connectivity index (χ0n) is 25.8. The summed E-state index contributed by atoms with van der Waals surface area (Å²) in [7, 11) is -4.09. The van der Waals surface area contributed by atoms with Crippen LogP contribution in [-0.2, 0) is 72.6 Å². The summed E-state index contributed by atoms with van der Waals surface area (Å²) in [6.07, 6.45) is 0.688. The first-order valence-corrected chi connectivity index (χ1v) is 16.5. The molecule has 14 heteroatoms. The number of hydrogen-bond donors (Lipinski definition) is 0. The van der Waals surface area contributed by atoms with Crippen molar-refractivity contribution in [2.75, 3.05) is 26.4 Å². The predicted molar refractivity (Wildman–Crippen MR) is 157 cm³/mol. The van der Waals surface area contributed by atoms with Crippen LogP contribution < -0.4 is 5.56 Å². The Bertz CT molecular complexity index is 1640. The van der Waals surface area contributed by atoms with Crippen molar-refractivity contribution in [2.24, 2.45) is 0 Å². The zero-order chi connectivity index (χ0) is 32.6. The van der Waals surface area contributed by atoms with Gasteiger partial charge in [-0.1, -0.05) is 24.6 Å². The van der Waals surface area contributed by atoms with Crippen LogP contribution in [0.15, 0.2) is 40.0 Å². The fraction of sp³-hybridized carbons (Fsp3) is 0.548.